The van der Waals surface area contributed by atoms with Crippen LogP contribution in [-0.2, 0) is 17.8 Å². The third kappa shape index (κ3) is 3.76. The standard InChI is InChI=1S/C24H23N3O3/c1-15-12-16(2)26-24(30)20(15)14-25-23(29)18-8-10-21-17(13-18)9-11-22(28)27(21)19-6-4-3-5-7-19/h3-8,10,12-13H,9,11,14H2,1-2H3,(H,25,29)(H,26,30). The van der Waals surface area contributed by atoms with Gasteiger partial charge in [0.2, 0.25) is 5.91 Å². The average Bonchev–Trinajstić information content (AvgIpc) is 2.73. The number of nitrogens with one attached hydrogen (secondary N) is 2. The largest absolute Gasteiger partial charge is 0.348 e. The highest BCUT2D eigenvalue weighted by Gasteiger charge is 2.26. The van der Waals surface area contributed by atoms with E-state index in [0.29, 0.717) is 24.0 Å². The lowest BCUT2D eigenvalue weighted by Gasteiger charge is -2.29. The Balaban J connectivity index is 1.56. The number of fused-ring (bicyclic) bond motifs is 1. The second-order valence-corrected chi connectivity index (χ2v) is 7.53. The van der Waals surface area contributed by atoms with E-state index in [9.17, 15) is 14.4 Å². The van der Waals surface area contributed by atoms with Crippen LogP contribution >= 0.6 is 0 Å². The number of aryl methyl sites for hydroxylation is 3. The number of nitrogens with zero attached hydrogens (tertiary/aromatic N) is 1. The normalized spacial score (nSPS) is 13.1. The lowest BCUT2D eigenvalue weighted by atomic mass is 9.97. The van der Waals surface area contributed by atoms with Crippen molar-refractivity contribution in [2.75, 3.05) is 4.90 Å². The van der Waals surface area contributed by atoms with E-state index in [1.807, 2.05) is 62.4 Å². The molecule has 30 heavy (non-hydrogen) atoms. The Bertz CT molecular complexity index is 1180. The van der Waals surface area contributed by atoms with Gasteiger partial charge in [-0.3, -0.25) is 19.3 Å². The van der Waals surface area contributed by atoms with E-state index in [1.165, 1.54) is 0 Å². The Morgan fingerprint density at radius 2 is 1.80 bits per heavy atom. The van der Waals surface area contributed by atoms with Crippen LogP contribution in [-0.4, -0.2) is 16.8 Å². The minimum absolute atomic E-state index is 0.0416. The molecule has 0 fully saturated rings. The van der Waals surface area contributed by atoms with E-state index < -0.39 is 0 Å². The first-order chi connectivity index (χ1) is 14.4. The Hall–Kier alpha value is -3.67. The molecular weight excluding hydrogens is 378 g/mol. The molecule has 2 N–H and O–H groups in total. The van der Waals surface area contributed by atoms with Crippen LogP contribution in [0.5, 0.6) is 0 Å². The average molecular weight is 401 g/mol. The van der Waals surface area contributed by atoms with Gasteiger partial charge < -0.3 is 10.3 Å². The number of hydrogen-bond donors (Lipinski definition) is 2. The topological polar surface area (TPSA) is 82.3 Å². The van der Waals surface area contributed by atoms with Crippen molar-refractivity contribution in [3.8, 4) is 0 Å². The summed E-state index contributed by atoms with van der Waals surface area (Å²) in [5, 5.41) is 2.84. The Morgan fingerprint density at radius 1 is 1.03 bits per heavy atom. The quantitative estimate of drug-likeness (QED) is 0.702. The van der Waals surface area contributed by atoms with Crippen LogP contribution in [0.2, 0.25) is 0 Å². The molecule has 2 aromatic carbocycles. The van der Waals surface area contributed by atoms with Crippen LogP contribution in [0.4, 0.5) is 11.4 Å². The number of anilines is 2. The first-order valence-corrected chi connectivity index (χ1v) is 9.92. The molecule has 0 saturated carbocycles. The third-order valence-electron chi connectivity index (χ3n) is 5.37. The Morgan fingerprint density at radius 3 is 2.53 bits per heavy atom. The van der Waals surface area contributed by atoms with Crippen molar-refractivity contribution in [1.82, 2.24) is 10.3 Å². The number of pyridine rings is 1. The van der Waals surface area contributed by atoms with Crippen molar-refractivity contribution < 1.29 is 9.59 Å². The van der Waals surface area contributed by atoms with Gasteiger partial charge in [-0.05, 0) is 67.8 Å². The number of H-pyrrole nitrogens is 1. The third-order valence-corrected chi connectivity index (χ3v) is 5.37. The number of para-hydroxylation sites is 1. The van der Waals surface area contributed by atoms with Gasteiger partial charge in [0.25, 0.3) is 11.5 Å². The number of aromatic amines is 1. The zero-order chi connectivity index (χ0) is 21.3. The Labute approximate surface area is 174 Å². The zero-order valence-corrected chi connectivity index (χ0v) is 17.0. The molecule has 2 amide bonds. The predicted molar refractivity (Wildman–Crippen MR) is 116 cm³/mol. The summed E-state index contributed by atoms with van der Waals surface area (Å²) in [6.07, 6.45) is 0.986. The summed E-state index contributed by atoms with van der Waals surface area (Å²) < 4.78 is 0. The fraction of sp³-hybridized carbons (Fsp3) is 0.208. The van der Waals surface area contributed by atoms with Crippen LogP contribution in [0.25, 0.3) is 0 Å². The summed E-state index contributed by atoms with van der Waals surface area (Å²) in [5.74, 6) is -0.208. The van der Waals surface area contributed by atoms with Crippen molar-refractivity contribution in [1.29, 1.82) is 0 Å². The molecule has 0 unspecified atom stereocenters. The van der Waals surface area contributed by atoms with Crippen molar-refractivity contribution in [3.05, 3.63) is 92.9 Å². The van der Waals surface area contributed by atoms with Crippen LogP contribution in [0.15, 0.2) is 59.4 Å². The van der Waals surface area contributed by atoms with Gasteiger partial charge in [-0.2, -0.15) is 0 Å². The molecule has 1 aliphatic rings. The molecule has 0 bridgehead atoms. The van der Waals surface area contributed by atoms with Crippen molar-refractivity contribution in [3.63, 3.8) is 0 Å². The van der Waals surface area contributed by atoms with Crippen LogP contribution in [0.1, 0.15) is 39.2 Å². The molecule has 0 radical (unpaired) electrons. The molecule has 2 heterocycles. The van der Waals surface area contributed by atoms with Crippen LogP contribution in [0.3, 0.4) is 0 Å². The molecule has 152 valence electrons. The molecule has 3 aromatic rings. The lowest BCUT2D eigenvalue weighted by Crippen LogP contribution is -2.31. The highest BCUT2D eigenvalue weighted by atomic mass is 16.2. The van der Waals surface area contributed by atoms with Gasteiger partial charge in [0.1, 0.15) is 0 Å². The second kappa shape index (κ2) is 7.99. The highest BCUT2D eigenvalue weighted by molar-refractivity contribution is 6.04. The highest BCUT2D eigenvalue weighted by Crippen LogP contribution is 2.34. The molecule has 4 rings (SSSR count). The summed E-state index contributed by atoms with van der Waals surface area (Å²) in [5.41, 5.74) is 5.09. The van der Waals surface area contributed by atoms with Gasteiger partial charge in [0.05, 0.1) is 5.69 Å². The Kier molecular flexibility index (Phi) is 5.23. The molecular formula is C24H23N3O3. The fourth-order valence-electron chi connectivity index (χ4n) is 3.87. The SMILES string of the molecule is Cc1cc(C)c(CNC(=O)c2ccc3c(c2)CCC(=O)N3c2ccccc2)c(=O)[nH]1. The number of benzene rings is 2. The van der Waals surface area contributed by atoms with Crippen molar-refractivity contribution >= 4 is 23.2 Å². The minimum atomic E-state index is -0.250. The lowest BCUT2D eigenvalue weighted by molar-refractivity contribution is -0.118. The van der Waals surface area contributed by atoms with E-state index in [4.69, 9.17) is 0 Å². The van der Waals surface area contributed by atoms with Crippen molar-refractivity contribution in [2.24, 2.45) is 0 Å². The molecule has 0 saturated heterocycles. The number of carbonyl (C=O) groups excluding carboxylic acids is 2. The number of hydrogen-bond acceptors (Lipinski definition) is 3. The first kappa shape index (κ1) is 19.6. The minimum Gasteiger partial charge on any atom is -0.348 e. The van der Waals surface area contributed by atoms with E-state index in [1.54, 1.807) is 11.0 Å². The van der Waals surface area contributed by atoms with E-state index in [2.05, 4.69) is 10.3 Å². The van der Waals surface area contributed by atoms with E-state index in [0.717, 1.165) is 28.2 Å². The summed E-state index contributed by atoms with van der Waals surface area (Å²) in [7, 11) is 0. The molecule has 0 atom stereocenters. The summed E-state index contributed by atoms with van der Waals surface area (Å²) in [6, 6.07) is 16.8. The fourth-order valence-corrected chi connectivity index (χ4v) is 3.87. The summed E-state index contributed by atoms with van der Waals surface area (Å²) >= 11 is 0. The molecule has 0 aliphatic carbocycles. The molecule has 6 nitrogen and oxygen atoms in total. The maximum atomic E-state index is 12.7. The van der Waals surface area contributed by atoms with Gasteiger partial charge >= 0.3 is 0 Å². The number of aromatic nitrogens is 1. The van der Waals surface area contributed by atoms with Crippen LogP contribution < -0.4 is 15.8 Å². The second-order valence-electron chi connectivity index (χ2n) is 7.53. The summed E-state index contributed by atoms with van der Waals surface area (Å²) in [6.45, 7) is 3.84. The van der Waals surface area contributed by atoms with Crippen molar-refractivity contribution in [2.45, 2.75) is 33.2 Å². The van der Waals surface area contributed by atoms with Gasteiger partial charge in [0, 0.05) is 35.5 Å². The molecule has 0 spiro atoms. The smallest absolute Gasteiger partial charge is 0.253 e. The van der Waals surface area contributed by atoms with Gasteiger partial charge in [-0.25, -0.2) is 0 Å². The number of amides is 2. The first-order valence-electron chi connectivity index (χ1n) is 9.92. The monoisotopic (exact) mass is 401 g/mol. The van der Waals surface area contributed by atoms with Gasteiger partial charge in [0.15, 0.2) is 0 Å². The van der Waals surface area contributed by atoms with E-state index >= 15 is 0 Å². The summed E-state index contributed by atoms with van der Waals surface area (Å²) in [4.78, 5) is 41.9. The maximum Gasteiger partial charge on any atom is 0.253 e. The molecule has 1 aromatic heterocycles. The molecule has 6 heteroatoms. The predicted octanol–water partition coefficient (Wildman–Crippen LogP) is 3.53. The molecule has 1 aliphatic heterocycles. The van der Waals surface area contributed by atoms with E-state index in [-0.39, 0.29) is 23.9 Å². The number of rotatable bonds is 4. The zero-order valence-electron chi connectivity index (χ0n) is 17.0. The maximum absolute atomic E-state index is 12.7. The number of carbonyl (C=O) groups is 2. The van der Waals surface area contributed by atoms with Gasteiger partial charge in [-0.1, -0.05) is 18.2 Å². The van der Waals surface area contributed by atoms with Gasteiger partial charge in [-0.15, -0.1) is 0 Å². The van der Waals surface area contributed by atoms with Crippen LogP contribution in [0, 0.1) is 13.8 Å².